The molecule has 0 aliphatic carbocycles. The van der Waals surface area contributed by atoms with Crippen molar-refractivity contribution >= 4 is 33.0 Å². The van der Waals surface area contributed by atoms with Gasteiger partial charge in [-0.25, -0.2) is 0 Å². The third-order valence-corrected chi connectivity index (χ3v) is 3.83. The zero-order valence-electron chi connectivity index (χ0n) is 8.46. The van der Waals surface area contributed by atoms with Crippen LogP contribution < -0.4 is 5.32 Å². The van der Waals surface area contributed by atoms with E-state index in [2.05, 4.69) is 63.2 Å². The van der Waals surface area contributed by atoms with Crippen LogP contribution >= 0.6 is 27.3 Å². The summed E-state index contributed by atoms with van der Waals surface area (Å²) in [4.78, 5) is 0. The van der Waals surface area contributed by atoms with Crippen molar-refractivity contribution in [3.63, 3.8) is 0 Å². The quantitative estimate of drug-likeness (QED) is 0.878. The van der Waals surface area contributed by atoms with Gasteiger partial charge in [-0.1, -0.05) is 22.0 Å². The van der Waals surface area contributed by atoms with Crippen LogP contribution in [0.3, 0.4) is 0 Å². The Morgan fingerprint density at radius 1 is 1.33 bits per heavy atom. The largest absolute Gasteiger partial charge is 0.381 e. The van der Waals surface area contributed by atoms with Gasteiger partial charge < -0.3 is 5.32 Å². The molecule has 0 amide bonds. The molecule has 1 nitrogen and oxygen atoms in total. The maximum Gasteiger partial charge on any atom is 0.0409 e. The van der Waals surface area contributed by atoms with Crippen LogP contribution in [0.1, 0.15) is 11.1 Å². The fraction of sp³-hybridized carbons (Fsp3) is 0.167. The lowest BCUT2D eigenvalue weighted by Gasteiger charge is -2.06. The minimum atomic E-state index is 0.888. The summed E-state index contributed by atoms with van der Waals surface area (Å²) in [5.41, 5.74) is 3.74. The van der Waals surface area contributed by atoms with E-state index >= 15 is 0 Å². The van der Waals surface area contributed by atoms with Crippen LogP contribution in [0.15, 0.2) is 39.5 Å². The van der Waals surface area contributed by atoms with Crippen LogP contribution in [0.5, 0.6) is 0 Å². The smallest absolute Gasteiger partial charge is 0.0409 e. The molecular formula is C12H12BrNS. The summed E-state index contributed by atoms with van der Waals surface area (Å²) in [6, 6.07) is 8.47. The first-order chi connectivity index (χ1) is 7.25. The summed E-state index contributed by atoms with van der Waals surface area (Å²) in [5, 5.41) is 7.65. The molecule has 1 aromatic carbocycles. The summed E-state index contributed by atoms with van der Waals surface area (Å²) in [7, 11) is 0. The molecule has 0 unspecified atom stereocenters. The van der Waals surface area contributed by atoms with Crippen molar-refractivity contribution in [2.75, 3.05) is 5.32 Å². The molecule has 0 spiro atoms. The van der Waals surface area contributed by atoms with E-state index in [4.69, 9.17) is 0 Å². The Morgan fingerprint density at radius 3 is 2.87 bits per heavy atom. The van der Waals surface area contributed by atoms with E-state index in [0.717, 1.165) is 16.7 Å². The molecule has 1 heterocycles. The van der Waals surface area contributed by atoms with Crippen molar-refractivity contribution in [2.24, 2.45) is 0 Å². The predicted octanol–water partition coefficient (Wildman–Crippen LogP) is 4.43. The standard InChI is InChI=1S/C12H12BrNS/c1-9-2-3-11(6-12(9)13)14-7-10-4-5-15-8-10/h2-6,8,14H,7H2,1H3. The molecule has 3 heteroatoms. The van der Waals surface area contributed by atoms with Gasteiger partial charge in [-0.05, 0) is 47.0 Å². The molecule has 0 fully saturated rings. The van der Waals surface area contributed by atoms with Crippen molar-refractivity contribution in [3.05, 3.63) is 50.6 Å². The number of rotatable bonds is 3. The molecule has 0 radical (unpaired) electrons. The molecule has 0 aliphatic rings. The highest BCUT2D eigenvalue weighted by Crippen LogP contribution is 2.21. The number of benzene rings is 1. The third kappa shape index (κ3) is 2.83. The van der Waals surface area contributed by atoms with Crippen molar-refractivity contribution in [3.8, 4) is 0 Å². The summed E-state index contributed by atoms with van der Waals surface area (Å²) in [6.07, 6.45) is 0. The van der Waals surface area contributed by atoms with E-state index in [0.29, 0.717) is 0 Å². The second-order valence-corrected chi connectivity index (χ2v) is 5.08. The second kappa shape index (κ2) is 4.81. The van der Waals surface area contributed by atoms with Gasteiger partial charge in [0.25, 0.3) is 0 Å². The molecule has 0 atom stereocenters. The Kier molecular flexibility index (Phi) is 3.44. The zero-order valence-corrected chi connectivity index (χ0v) is 10.9. The molecule has 0 saturated carbocycles. The van der Waals surface area contributed by atoms with Crippen molar-refractivity contribution < 1.29 is 0 Å². The first kappa shape index (κ1) is 10.7. The molecule has 1 N–H and O–H groups in total. The van der Waals surface area contributed by atoms with Gasteiger partial charge in [0.05, 0.1) is 0 Å². The third-order valence-electron chi connectivity index (χ3n) is 2.25. The van der Waals surface area contributed by atoms with Crippen LogP contribution in [0.25, 0.3) is 0 Å². The van der Waals surface area contributed by atoms with Crippen LogP contribution in [-0.2, 0) is 6.54 Å². The Morgan fingerprint density at radius 2 is 2.20 bits per heavy atom. The van der Waals surface area contributed by atoms with E-state index in [9.17, 15) is 0 Å². The van der Waals surface area contributed by atoms with Gasteiger partial charge in [0.2, 0.25) is 0 Å². The highest BCUT2D eigenvalue weighted by molar-refractivity contribution is 9.10. The number of halogens is 1. The molecule has 0 aliphatic heterocycles. The molecule has 0 saturated heterocycles. The molecule has 2 rings (SSSR count). The first-order valence-electron chi connectivity index (χ1n) is 4.77. The van der Waals surface area contributed by atoms with Crippen LogP contribution in [0.4, 0.5) is 5.69 Å². The fourth-order valence-electron chi connectivity index (χ4n) is 1.30. The van der Waals surface area contributed by atoms with Gasteiger partial charge in [0.15, 0.2) is 0 Å². The Labute approximate surface area is 102 Å². The molecule has 15 heavy (non-hydrogen) atoms. The lowest BCUT2D eigenvalue weighted by atomic mass is 10.2. The maximum atomic E-state index is 3.53. The topological polar surface area (TPSA) is 12.0 Å². The van der Waals surface area contributed by atoms with E-state index in [1.807, 2.05) is 0 Å². The van der Waals surface area contributed by atoms with Crippen LogP contribution in [0.2, 0.25) is 0 Å². The second-order valence-electron chi connectivity index (χ2n) is 3.45. The summed E-state index contributed by atoms with van der Waals surface area (Å²) in [6.45, 7) is 2.98. The van der Waals surface area contributed by atoms with E-state index in [1.54, 1.807) is 11.3 Å². The van der Waals surface area contributed by atoms with Crippen molar-refractivity contribution in [1.29, 1.82) is 0 Å². The maximum absolute atomic E-state index is 3.53. The highest BCUT2D eigenvalue weighted by Gasteiger charge is 1.97. The SMILES string of the molecule is Cc1ccc(NCc2ccsc2)cc1Br. The highest BCUT2D eigenvalue weighted by atomic mass is 79.9. The lowest BCUT2D eigenvalue weighted by molar-refractivity contribution is 1.16. The summed E-state index contributed by atoms with van der Waals surface area (Å²) < 4.78 is 1.15. The number of thiophene rings is 1. The Bertz CT molecular complexity index is 437. The number of anilines is 1. The van der Waals surface area contributed by atoms with Crippen molar-refractivity contribution in [1.82, 2.24) is 0 Å². The fourth-order valence-corrected chi connectivity index (χ4v) is 2.35. The molecular weight excluding hydrogens is 270 g/mol. The van der Waals surface area contributed by atoms with Gasteiger partial charge in [0.1, 0.15) is 0 Å². The number of nitrogens with one attached hydrogen (secondary N) is 1. The predicted molar refractivity (Wildman–Crippen MR) is 70.5 cm³/mol. The van der Waals surface area contributed by atoms with Gasteiger partial charge in [-0.2, -0.15) is 11.3 Å². The van der Waals surface area contributed by atoms with Gasteiger partial charge in [-0.15, -0.1) is 0 Å². The number of aryl methyl sites for hydroxylation is 1. The summed E-state index contributed by atoms with van der Waals surface area (Å²) >= 11 is 5.26. The Hall–Kier alpha value is -0.800. The molecule has 78 valence electrons. The average Bonchev–Trinajstić information content (AvgIpc) is 2.73. The van der Waals surface area contributed by atoms with Gasteiger partial charge in [0, 0.05) is 16.7 Å². The van der Waals surface area contributed by atoms with Gasteiger partial charge >= 0.3 is 0 Å². The van der Waals surface area contributed by atoms with Crippen LogP contribution in [0, 0.1) is 6.92 Å². The summed E-state index contributed by atoms with van der Waals surface area (Å²) in [5.74, 6) is 0. The van der Waals surface area contributed by atoms with E-state index in [-0.39, 0.29) is 0 Å². The van der Waals surface area contributed by atoms with Gasteiger partial charge in [-0.3, -0.25) is 0 Å². The zero-order chi connectivity index (χ0) is 10.7. The minimum Gasteiger partial charge on any atom is -0.381 e. The van der Waals surface area contributed by atoms with Crippen LogP contribution in [-0.4, -0.2) is 0 Å². The minimum absolute atomic E-state index is 0.888. The lowest BCUT2D eigenvalue weighted by Crippen LogP contribution is -1.97. The van der Waals surface area contributed by atoms with E-state index in [1.165, 1.54) is 11.1 Å². The Balaban J connectivity index is 2.02. The number of hydrogen-bond donors (Lipinski definition) is 1. The van der Waals surface area contributed by atoms with Crippen molar-refractivity contribution in [2.45, 2.75) is 13.5 Å². The monoisotopic (exact) mass is 281 g/mol. The normalized spacial score (nSPS) is 10.3. The molecule has 2 aromatic rings. The molecule has 1 aromatic heterocycles. The van der Waals surface area contributed by atoms with E-state index < -0.39 is 0 Å². The average molecular weight is 282 g/mol. The molecule has 0 bridgehead atoms. The first-order valence-corrected chi connectivity index (χ1v) is 6.50. The number of hydrogen-bond acceptors (Lipinski definition) is 2.